The number of fused-ring (bicyclic) bond motifs is 8. The van der Waals surface area contributed by atoms with Gasteiger partial charge in [0.2, 0.25) is 0 Å². The zero-order chi connectivity index (χ0) is 29.7. The Bertz CT molecular complexity index is 1700. The normalized spacial score (nSPS) is 9.75. The molecule has 0 N–H and O–H groups in total. The molecule has 0 unspecified atom stereocenters. The number of rotatable bonds is 0. The summed E-state index contributed by atoms with van der Waals surface area (Å²) in [7, 11) is 4.25. The van der Waals surface area contributed by atoms with Crippen LogP contribution in [-0.2, 0) is 14.1 Å². The Labute approximate surface area is 241 Å². The van der Waals surface area contributed by atoms with Crippen molar-refractivity contribution in [3.05, 3.63) is 109 Å². The van der Waals surface area contributed by atoms with Crippen LogP contribution >= 0.6 is 0 Å². The fraction of sp³-hybridized carbons (Fsp3) is 0.263. The van der Waals surface area contributed by atoms with E-state index in [0.29, 0.717) is 0 Å². The highest BCUT2D eigenvalue weighted by Gasteiger charge is 2.10. The molecule has 2 heterocycles. The molecule has 2 nitrogen and oxygen atoms in total. The van der Waals surface area contributed by atoms with Crippen molar-refractivity contribution in [3.63, 3.8) is 0 Å². The quantitative estimate of drug-likeness (QED) is 0.184. The molecule has 0 aliphatic heterocycles. The second-order valence-electron chi connectivity index (χ2n) is 8.35. The molecule has 0 aliphatic carbocycles. The van der Waals surface area contributed by atoms with Gasteiger partial charge in [0.05, 0.1) is 0 Å². The zero-order valence-corrected chi connectivity index (χ0v) is 26.3. The van der Waals surface area contributed by atoms with Crippen LogP contribution in [0.3, 0.4) is 0 Å². The molecule has 0 atom stereocenters. The van der Waals surface area contributed by atoms with E-state index in [1.165, 1.54) is 54.4 Å². The van der Waals surface area contributed by atoms with E-state index in [1.54, 1.807) is 0 Å². The summed E-state index contributed by atoms with van der Waals surface area (Å²) in [4.78, 5) is 0. The number of hydrogen-bond donors (Lipinski definition) is 0. The minimum atomic E-state index is 1.30. The summed E-state index contributed by atoms with van der Waals surface area (Å²) in [6.45, 7) is 16.0. The lowest BCUT2D eigenvalue weighted by atomic mass is 10.0. The van der Waals surface area contributed by atoms with Crippen molar-refractivity contribution in [2.45, 2.75) is 55.4 Å². The Morgan fingerprint density at radius 1 is 0.325 bits per heavy atom. The van der Waals surface area contributed by atoms with E-state index in [2.05, 4.69) is 132 Å². The highest BCUT2D eigenvalue weighted by Crippen LogP contribution is 2.33. The molecule has 7 aromatic rings. The van der Waals surface area contributed by atoms with Crippen LogP contribution in [0.1, 0.15) is 55.4 Å². The van der Waals surface area contributed by atoms with Crippen molar-refractivity contribution in [1.82, 2.24) is 9.13 Å². The van der Waals surface area contributed by atoms with Crippen LogP contribution in [0, 0.1) is 0 Å². The molecule has 0 spiro atoms. The molecule has 5 aromatic carbocycles. The third-order valence-electron chi connectivity index (χ3n) is 6.62. The molecule has 7 rings (SSSR count). The maximum Gasteiger partial charge on any atom is 0.0495 e. The number of aryl methyl sites for hydroxylation is 2. The lowest BCUT2D eigenvalue weighted by molar-refractivity contribution is 1.01. The third-order valence-corrected chi connectivity index (χ3v) is 6.62. The molecule has 0 bridgehead atoms. The molecule has 2 aromatic heterocycles. The number of para-hydroxylation sites is 3. The minimum absolute atomic E-state index is 1.30. The first kappa shape index (κ1) is 32.2. The second-order valence-corrected chi connectivity index (χ2v) is 8.35. The Kier molecular flexibility index (Phi) is 13.0. The standard InChI is InChI=1S/C17H13N.C13H11N.4C2H6/c1-18-15-9-5-4-8-14(15)17-13-7-3-2-6-12(13)10-11-16(17)18;1-14-12-8-4-2-6-10(12)11-7-3-5-9-13(11)14;4*1-2/h2-11H,1H3;2-9H,1H3;4*1-2H3. The van der Waals surface area contributed by atoms with Crippen molar-refractivity contribution in [1.29, 1.82) is 0 Å². The average molecular weight is 533 g/mol. The second kappa shape index (κ2) is 16.2. The lowest BCUT2D eigenvalue weighted by Crippen LogP contribution is -1.85. The van der Waals surface area contributed by atoms with Crippen LogP contribution in [0.2, 0.25) is 0 Å². The molecular weight excluding hydrogens is 484 g/mol. The van der Waals surface area contributed by atoms with E-state index >= 15 is 0 Å². The summed E-state index contributed by atoms with van der Waals surface area (Å²) < 4.78 is 4.52. The minimum Gasteiger partial charge on any atom is -0.344 e. The third kappa shape index (κ3) is 6.23. The monoisotopic (exact) mass is 532 g/mol. The van der Waals surface area contributed by atoms with Crippen molar-refractivity contribution >= 4 is 54.4 Å². The highest BCUT2D eigenvalue weighted by molar-refractivity contribution is 6.20. The summed E-state index contributed by atoms with van der Waals surface area (Å²) in [5.41, 5.74) is 5.20. The predicted molar refractivity (Wildman–Crippen MR) is 184 cm³/mol. The van der Waals surface area contributed by atoms with Gasteiger partial charge in [0.1, 0.15) is 0 Å². The maximum atomic E-state index is 2.27. The van der Waals surface area contributed by atoms with Gasteiger partial charge in [0.25, 0.3) is 0 Å². The summed E-state index contributed by atoms with van der Waals surface area (Å²) in [6.07, 6.45) is 0. The predicted octanol–water partition coefficient (Wildman–Crippen LogP) is 11.9. The molecule has 0 fully saturated rings. The van der Waals surface area contributed by atoms with E-state index in [-0.39, 0.29) is 0 Å². The number of benzene rings is 5. The van der Waals surface area contributed by atoms with E-state index in [9.17, 15) is 0 Å². The molecule has 210 valence electrons. The topological polar surface area (TPSA) is 9.86 Å². The smallest absolute Gasteiger partial charge is 0.0495 e. The Morgan fingerprint density at radius 3 is 1.18 bits per heavy atom. The van der Waals surface area contributed by atoms with Gasteiger partial charge in [-0.2, -0.15) is 0 Å². The van der Waals surface area contributed by atoms with Gasteiger partial charge in [-0.3, -0.25) is 0 Å². The first-order chi connectivity index (χ1) is 19.7. The first-order valence-electron chi connectivity index (χ1n) is 15.0. The molecule has 0 saturated heterocycles. The van der Waals surface area contributed by atoms with Gasteiger partial charge in [-0.25, -0.2) is 0 Å². The Morgan fingerprint density at radius 2 is 0.675 bits per heavy atom. The van der Waals surface area contributed by atoms with E-state index in [4.69, 9.17) is 0 Å². The van der Waals surface area contributed by atoms with Gasteiger partial charge in [0.15, 0.2) is 0 Å². The van der Waals surface area contributed by atoms with Crippen LogP contribution in [-0.4, -0.2) is 9.13 Å². The van der Waals surface area contributed by atoms with Crippen LogP contribution < -0.4 is 0 Å². The van der Waals surface area contributed by atoms with E-state index in [0.717, 1.165) is 0 Å². The molecule has 2 heteroatoms. The van der Waals surface area contributed by atoms with Gasteiger partial charge >= 0.3 is 0 Å². The summed E-state index contributed by atoms with van der Waals surface area (Å²) in [6, 6.07) is 38.7. The SMILES string of the molecule is CC.CC.CC.CC.Cn1c2ccccc2c2c3ccccc3ccc21.Cn1c2ccccc2c2ccccc21. The van der Waals surface area contributed by atoms with Crippen LogP contribution in [0.15, 0.2) is 109 Å². The molecule has 0 saturated carbocycles. The largest absolute Gasteiger partial charge is 0.344 e. The van der Waals surface area contributed by atoms with Gasteiger partial charge in [-0.05, 0) is 35.0 Å². The van der Waals surface area contributed by atoms with Crippen LogP contribution in [0.25, 0.3) is 54.4 Å². The molecule has 0 amide bonds. The highest BCUT2D eigenvalue weighted by atomic mass is 14.9. The Hall–Kier alpha value is -4.04. The summed E-state index contributed by atoms with van der Waals surface area (Å²) in [5, 5.41) is 8.03. The van der Waals surface area contributed by atoms with Gasteiger partial charge < -0.3 is 9.13 Å². The molecular formula is C38H48N2. The zero-order valence-electron chi connectivity index (χ0n) is 26.3. The first-order valence-corrected chi connectivity index (χ1v) is 15.0. The molecule has 0 radical (unpaired) electrons. The number of hydrogen-bond acceptors (Lipinski definition) is 0. The lowest BCUT2D eigenvalue weighted by Gasteiger charge is -2.01. The Balaban J connectivity index is 0.000000229. The molecule has 40 heavy (non-hydrogen) atoms. The van der Waals surface area contributed by atoms with E-state index in [1.807, 2.05) is 55.4 Å². The molecule has 0 aliphatic rings. The van der Waals surface area contributed by atoms with Crippen molar-refractivity contribution < 1.29 is 0 Å². The summed E-state index contributed by atoms with van der Waals surface area (Å²) in [5.74, 6) is 0. The van der Waals surface area contributed by atoms with Crippen molar-refractivity contribution in [3.8, 4) is 0 Å². The number of nitrogens with zero attached hydrogens (tertiary/aromatic N) is 2. The van der Waals surface area contributed by atoms with Crippen molar-refractivity contribution in [2.24, 2.45) is 14.1 Å². The fourth-order valence-corrected chi connectivity index (χ4v) is 5.05. The van der Waals surface area contributed by atoms with Gasteiger partial charge in [-0.1, -0.05) is 140 Å². The van der Waals surface area contributed by atoms with Crippen LogP contribution in [0.4, 0.5) is 0 Å². The summed E-state index contributed by atoms with van der Waals surface area (Å²) >= 11 is 0. The fourth-order valence-electron chi connectivity index (χ4n) is 5.05. The number of aromatic nitrogens is 2. The average Bonchev–Trinajstić information content (AvgIpc) is 3.53. The van der Waals surface area contributed by atoms with Crippen molar-refractivity contribution in [2.75, 3.05) is 0 Å². The maximum absolute atomic E-state index is 2.27. The van der Waals surface area contributed by atoms with Gasteiger partial charge in [0, 0.05) is 57.7 Å². The van der Waals surface area contributed by atoms with Crippen LogP contribution in [0.5, 0.6) is 0 Å². The van der Waals surface area contributed by atoms with E-state index < -0.39 is 0 Å². The van der Waals surface area contributed by atoms with Gasteiger partial charge in [-0.15, -0.1) is 0 Å².